The van der Waals surface area contributed by atoms with Crippen LogP contribution in [0, 0.1) is 0 Å². The second kappa shape index (κ2) is 4.49. The lowest BCUT2D eigenvalue weighted by atomic mass is 10.2. The molecule has 0 radical (unpaired) electrons. The van der Waals surface area contributed by atoms with Gasteiger partial charge in [0, 0.05) is 6.20 Å². The maximum absolute atomic E-state index is 10.8. The maximum Gasteiger partial charge on any atom is 0.343 e. The second-order valence-electron chi connectivity index (χ2n) is 1.86. The number of hydrogen-bond donors (Lipinski definition) is 1. The molecule has 0 saturated carbocycles. The summed E-state index contributed by atoms with van der Waals surface area (Å²) in [6.45, 7) is 3.16. The number of esters is 1. The van der Waals surface area contributed by atoms with Gasteiger partial charge in [0.25, 0.3) is 0 Å². The summed E-state index contributed by atoms with van der Waals surface area (Å²) in [5, 5.41) is 0. The first-order chi connectivity index (χ1) is 5.13. The van der Waals surface area contributed by atoms with Crippen molar-refractivity contribution in [1.29, 1.82) is 0 Å². The van der Waals surface area contributed by atoms with Gasteiger partial charge in [0.1, 0.15) is 5.57 Å². The molecule has 0 heterocycles. The van der Waals surface area contributed by atoms with Crippen molar-refractivity contribution < 1.29 is 14.3 Å². The van der Waals surface area contributed by atoms with E-state index >= 15 is 0 Å². The lowest BCUT2D eigenvalue weighted by Crippen LogP contribution is -2.14. The van der Waals surface area contributed by atoms with Crippen LogP contribution in [0.15, 0.2) is 11.8 Å². The van der Waals surface area contributed by atoms with Crippen LogP contribution in [0.1, 0.15) is 13.8 Å². The predicted molar refractivity (Wildman–Crippen MR) is 39.6 cm³/mol. The first kappa shape index (κ1) is 9.68. The average molecular weight is 157 g/mol. The molecule has 0 unspecified atom stereocenters. The molecule has 11 heavy (non-hydrogen) atoms. The third-order valence-electron chi connectivity index (χ3n) is 1.04. The zero-order valence-electron chi connectivity index (χ0n) is 6.59. The number of Topliss-reactive ketones (excluding diaryl/α,β-unsaturated/α-hetero) is 1. The fourth-order valence-corrected chi connectivity index (χ4v) is 0.538. The van der Waals surface area contributed by atoms with Gasteiger partial charge < -0.3 is 10.5 Å². The van der Waals surface area contributed by atoms with Gasteiger partial charge in [-0.1, -0.05) is 0 Å². The van der Waals surface area contributed by atoms with Crippen molar-refractivity contribution >= 4 is 11.8 Å². The van der Waals surface area contributed by atoms with Crippen molar-refractivity contribution in [2.24, 2.45) is 5.73 Å². The molecule has 0 fully saturated rings. The van der Waals surface area contributed by atoms with Gasteiger partial charge in [0.2, 0.25) is 0 Å². The molecular formula is C7H11NO3. The van der Waals surface area contributed by atoms with Crippen LogP contribution in [0.5, 0.6) is 0 Å². The number of ether oxygens (including phenoxy) is 1. The highest BCUT2D eigenvalue weighted by atomic mass is 16.5. The molecule has 2 N–H and O–H groups in total. The van der Waals surface area contributed by atoms with E-state index in [-0.39, 0.29) is 18.0 Å². The Morgan fingerprint density at radius 3 is 2.36 bits per heavy atom. The van der Waals surface area contributed by atoms with Crippen molar-refractivity contribution in [3.8, 4) is 0 Å². The minimum absolute atomic E-state index is 0.105. The molecule has 4 heteroatoms. The number of rotatable bonds is 3. The smallest absolute Gasteiger partial charge is 0.343 e. The first-order valence-electron chi connectivity index (χ1n) is 3.23. The molecule has 0 aliphatic heterocycles. The molecule has 0 aromatic rings. The maximum atomic E-state index is 10.8. The Labute approximate surface area is 65.0 Å². The molecule has 0 aromatic heterocycles. The van der Waals surface area contributed by atoms with Crippen molar-refractivity contribution in [1.82, 2.24) is 0 Å². The zero-order valence-corrected chi connectivity index (χ0v) is 6.59. The minimum atomic E-state index is -0.664. The largest absolute Gasteiger partial charge is 0.462 e. The van der Waals surface area contributed by atoms with Gasteiger partial charge in [-0.15, -0.1) is 0 Å². The van der Waals surface area contributed by atoms with Gasteiger partial charge >= 0.3 is 5.97 Å². The second-order valence-corrected chi connectivity index (χ2v) is 1.86. The molecule has 0 aliphatic rings. The van der Waals surface area contributed by atoms with E-state index < -0.39 is 5.97 Å². The summed E-state index contributed by atoms with van der Waals surface area (Å²) in [5.41, 5.74) is 4.92. The van der Waals surface area contributed by atoms with E-state index in [1.54, 1.807) is 6.92 Å². The van der Waals surface area contributed by atoms with E-state index in [9.17, 15) is 9.59 Å². The lowest BCUT2D eigenvalue weighted by Gasteiger charge is -2.00. The van der Waals surface area contributed by atoms with Crippen molar-refractivity contribution in [3.63, 3.8) is 0 Å². The highest BCUT2D eigenvalue weighted by molar-refractivity contribution is 6.16. The van der Waals surface area contributed by atoms with Crippen LogP contribution in [-0.2, 0) is 14.3 Å². The standard InChI is InChI=1S/C7H11NO3/c1-3-11-7(10)6(4-8)5(2)9/h4H,3,8H2,1-2H3/b6-4-. The molecule has 0 amide bonds. The van der Waals surface area contributed by atoms with Crippen LogP contribution in [0.2, 0.25) is 0 Å². The Kier molecular flexibility index (Phi) is 3.95. The molecule has 0 atom stereocenters. The third-order valence-corrected chi connectivity index (χ3v) is 1.04. The molecule has 62 valence electrons. The van der Waals surface area contributed by atoms with Crippen LogP contribution in [0.4, 0.5) is 0 Å². The van der Waals surface area contributed by atoms with E-state index in [0.717, 1.165) is 6.20 Å². The molecule has 0 spiro atoms. The summed E-state index contributed by atoms with van der Waals surface area (Å²) in [6, 6.07) is 0. The van der Waals surface area contributed by atoms with Gasteiger partial charge in [0.05, 0.1) is 6.61 Å². The van der Waals surface area contributed by atoms with Gasteiger partial charge in [-0.3, -0.25) is 4.79 Å². The Morgan fingerprint density at radius 2 is 2.09 bits per heavy atom. The normalized spacial score (nSPS) is 10.9. The minimum Gasteiger partial charge on any atom is -0.462 e. The Hall–Kier alpha value is -1.32. The highest BCUT2D eigenvalue weighted by Crippen LogP contribution is 1.96. The van der Waals surface area contributed by atoms with Crippen LogP contribution < -0.4 is 5.73 Å². The monoisotopic (exact) mass is 157 g/mol. The average Bonchev–Trinajstić information content (AvgIpc) is 1.88. The van der Waals surface area contributed by atoms with Gasteiger partial charge in [-0.2, -0.15) is 0 Å². The summed E-state index contributed by atoms with van der Waals surface area (Å²) in [7, 11) is 0. The van der Waals surface area contributed by atoms with Crippen LogP contribution in [-0.4, -0.2) is 18.4 Å². The molecule has 0 aliphatic carbocycles. The van der Waals surface area contributed by atoms with Crippen molar-refractivity contribution in [3.05, 3.63) is 11.8 Å². The Morgan fingerprint density at radius 1 is 1.55 bits per heavy atom. The molecular weight excluding hydrogens is 146 g/mol. The summed E-state index contributed by atoms with van der Waals surface area (Å²) < 4.78 is 4.55. The van der Waals surface area contributed by atoms with Crippen LogP contribution >= 0.6 is 0 Å². The van der Waals surface area contributed by atoms with E-state index in [2.05, 4.69) is 4.74 Å². The fraction of sp³-hybridized carbons (Fsp3) is 0.429. The van der Waals surface area contributed by atoms with Crippen molar-refractivity contribution in [2.45, 2.75) is 13.8 Å². The molecule has 0 aromatic carbocycles. The summed E-state index contributed by atoms with van der Waals surface area (Å²) in [5.74, 6) is -1.05. The van der Waals surface area contributed by atoms with E-state index in [0.29, 0.717) is 0 Å². The number of carbonyl (C=O) groups excluding carboxylic acids is 2. The van der Waals surface area contributed by atoms with E-state index in [1.165, 1.54) is 6.92 Å². The fourth-order valence-electron chi connectivity index (χ4n) is 0.538. The predicted octanol–water partition coefficient (Wildman–Crippen LogP) is -0.0189. The van der Waals surface area contributed by atoms with Crippen molar-refractivity contribution in [2.75, 3.05) is 6.61 Å². The van der Waals surface area contributed by atoms with Gasteiger partial charge in [-0.05, 0) is 13.8 Å². The quantitative estimate of drug-likeness (QED) is 0.270. The molecule has 4 nitrogen and oxygen atoms in total. The third kappa shape index (κ3) is 2.84. The molecule has 0 bridgehead atoms. The topological polar surface area (TPSA) is 69.4 Å². The summed E-state index contributed by atoms with van der Waals surface area (Å²) >= 11 is 0. The van der Waals surface area contributed by atoms with Crippen LogP contribution in [0.25, 0.3) is 0 Å². The number of hydrogen-bond acceptors (Lipinski definition) is 4. The molecule has 0 rings (SSSR count). The lowest BCUT2D eigenvalue weighted by molar-refractivity contribution is -0.139. The van der Waals surface area contributed by atoms with Gasteiger partial charge in [-0.25, -0.2) is 4.79 Å². The Bertz CT molecular complexity index is 196. The Balaban J connectivity index is 4.29. The number of carbonyl (C=O) groups is 2. The zero-order chi connectivity index (χ0) is 8.85. The summed E-state index contributed by atoms with van der Waals surface area (Å²) in [4.78, 5) is 21.5. The highest BCUT2D eigenvalue weighted by Gasteiger charge is 2.13. The van der Waals surface area contributed by atoms with Crippen LogP contribution in [0.3, 0.4) is 0 Å². The van der Waals surface area contributed by atoms with E-state index in [1.807, 2.05) is 0 Å². The summed E-state index contributed by atoms with van der Waals surface area (Å²) in [6.07, 6.45) is 0.959. The molecule has 0 saturated heterocycles. The first-order valence-corrected chi connectivity index (χ1v) is 3.23. The van der Waals surface area contributed by atoms with Gasteiger partial charge in [0.15, 0.2) is 5.78 Å². The number of ketones is 1. The van der Waals surface area contributed by atoms with E-state index in [4.69, 9.17) is 5.73 Å². The number of nitrogens with two attached hydrogens (primary N) is 1. The SMILES string of the molecule is CCOC(=O)/C(=C\N)C(C)=O.